The summed E-state index contributed by atoms with van der Waals surface area (Å²) >= 11 is 0. The van der Waals surface area contributed by atoms with E-state index in [4.69, 9.17) is 21.7 Å². The van der Waals surface area contributed by atoms with Crippen LogP contribution in [0.25, 0.3) is 0 Å². The molecule has 0 heterocycles. The van der Waals surface area contributed by atoms with Gasteiger partial charge in [0.25, 0.3) is 0 Å². The normalized spacial score (nSPS) is 14.6. The van der Waals surface area contributed by atoms with Crippen LogP contribution in [-0.2, 0) is 23.9 Å². The molecule has 0 saturated heterocycles. The van der Waals surface area contributed by atoms with Gasteiger partial charge in [0, 0.05) is 12.5 Å². The maximum absolute atomic E-state index is 11.4. The van der Waals surface area contributed by atoms with Crippen molar-refractivity contribution in [1.82, 2.24) is 0 Å². The second kappa shape index (κ2) is 9.68. The van der Waals surface area contributed by atoms with E-state index >= 15 is 0 Å². The molecule has 22 heavy (non-hydrogen) atoms. The van der Waals surface area contributed by atoms with E-state index < -0.39 is 42.1 Å². The molecule has 0 saturated carbocycles. The van der Waals surface area contributed by atoms with Crippen LogP contribution in [0.5, 0.6) is 0 Å². The summed E-state index contributed by atoms with van der Waals surface area (Å²) in [4.78, 5) is 43.2. The van der Waals surface area contributed by atoms with Gasteiger partial charge in [0.1, 0.15) is 6.04 Å². The Balaban J connectivity index is 4.23. The molecule has 6 N–H and O–H groups in total. The van der Waals surface area contributed by atoms with Gasteiger partial charge < -0.3 is 36.3 Å². The summed E-state index contributed by atoms with van der Waals surface area (Å²) in [5.74, 6) is -5.03. The second-order valence-electron chi connectivity index (χ2n) is 4.66. The Bertz CT molecular complexity index is 425. The molecule has 0 aliphatic carbocycles. The summed E-state index contributed by atoms with van der Waals surface area (Å²) in [6, 6.07) is -2.46. The Morgan fingerprint density at radius 3 is 2.00 bits per heavy atom. The lowest BCUT2D eigenvalue weighted by Crippen LogP contribution is -2.42. The third kappa shape index (κ3) is 8.17. The Labute approximate surface area is 126 Å². The summed E-state index contributed by atoms with van der Waals surface area (Å²) in [6.45, 7) is 0. The molecule has 0 rings (SSSR count). The second-order valence-corrected chi connectivity index (χ2v) is 4.66. The van der Waals surface area contributed by atoms with Crippen LogP contribution in [-0.4, -0.2) is 52.3 Å². The summed E-state index contributed by atoms with van der Waals surface area (Å²) in [5, 5.41) is 27.8. The molecule has 2 unspecified atom stereocenters. The van der Waals surface area contributed by atoms with Gasteiger partial charge in [0.05, 0.1) is 5.97 Å². The highest BCUT2D eigenvalue weighted by Crippen LogP contribution is 2.09. The van der Waals surface area contributed by atoms with Crippen LogP contribution < -0.4 is 16.6 Å². The third-order valence-corrected chi connectivity index (χ3v) is 2.81. The fraction of sp³-hybridized carbons (Fsp3) is 0.667. The molecule has 0 spiro atoms. The zero-order valence-corrected chi connectivity index (χ0v) is 11.8. The van der Waals surface area contributed by atoms with Gasteiger partial charge in [-0.3, -0.25) is 9.59 Å². The van der Waals surface area contributed by atoms with Gasteiger partial charge in [-0.2, -0.15) is 0 Å². The summed E-state index contributed by atoms with van der Waals surface area (Å²) in [5.41, 5.74) is 10.4. The topological polar surface area (TPSA) is 193 Å². The van der Waals surface area contributed by atoms with E-state index in [1.807, 2.05) is 0 Å². The monoisotopic (exact) mass is 319 g/mol. The number of ether oxygens (including phenoxy) is 1. The molecule has 126 valence electrons. The SMILES string of the molecule is NC(CCCC(OC(=O)CC[C@@H](N)C(=O)[O-])C(=O)O)C(=O)O. The Kier molecular flexibility index (Phi) is 8.72. The highest BCUT2D eigenvalue weighted by molar-refractivity contribution is 5.78. The molecule has 0 bridgehead atoms. The average molecular weight is 319 g/mol. The van der Waals surface area contributed by atoms with Crippen molar-refractivity contribution in [1.29, 1.82) is 0 Å². The molecule has 0 aromatic carbocycles. The van der Waals surface area contributed by atoms with E-state index in [0.717, 1.165) is 0 Å². The zero-order valence-electron chi connectivity index (χ0n) is 11.8. The third-order valence-electron chi connectivity index (χ3n) is 2.81. The number of hydrogen-bond donors (Lipinski definition) is 4. The summed E-state index contributed by atoms with van der Waals surface area (Å²) in [6.07, 6.45) is -1.99. The van der Waals surface area contributed by atoms with Crippen molar-refractivity contribution in [3.8, 4) is 0 Å². The summed E-state index contributed by atoms with van der Waals surface area (Å²) in [7, 11) is 0. The fourth-order valence-corrected chi connectivity index (χ4v) is 1.49. The van der Waals surface area contributed by atoms with Gasteiger partial charge in [-0.05, 0) is 25.7 Å². The van der Waals surface area contributed by atoms with Gasteiger partial charge in [0.15, 0.2) is 6.10 Å². The van der Waals surface area contributed by atoms with E-state index in [-0.39, 0.29) is 32.1 Å². The number of carboxylic acids is 3. The largest absolute Gasteiger partial charge is 0.548 e. The number of hydrogen-bond acceptors (Lipinski definition) is 8. The molecule has 0 amide bonds. The molecule has 10 nitrogen and oxygen atoms in total. The lowest BCUT2D eigenvalue weighted by molar-refractivity contribution is -0.307. The first kappa shape index (κ1) is 19.8. The Morgan fingerprint density at radius 1 is 0.955 bits per heavy atom. The van der Waals surface area contributed by atoms with Crippen LogP contribution >= 0.6 is 0 Å². The maximum atomic E-state index is 11.4. The Hall–Kier alpha value is -2.20. The minimum absolute atomic E-state index is 0.0339. The van der Waals surface area contributed by atoms with Crippen LogP contribution in [0.4, 0.5) is 0 Å². The van der Waals surface area contributed by atoms with Crippen molar-refractivity contribution < 1.29 is 39.2 Å². The van der Waals surface area contributed by atoms with Crippen molar-refractivity contribution in [2.75, 3.05) is 0 Å². The quantitative estimate of drug-likeness (QED) is 0.294. The van der Waals surface area contributed by atoms with Crippen molar-refractivity contribution in [2.45, 2.75) is 50.3 Å². The molecule has 0 aromatic heterocycles. The predicted octanol–water partition coefficient (Wildman–Crippen LogP) is -2.58. The van der Waals surface area contributed by atoms with Crippen LogP contribution in [0.1, 0.15) is 32.1 Å². The molecule has 3 atom stereocenters. The number of carbonyl (C=O) groups is 4. The minimum atomic E-state index is -1.52. The predicted molar refractivity (Wildman–Crippen MR) is 69.2 cm³/mol. The number of esters is 1. The van der Waals surface area contributed by atoms with Crippen LogP contribution in [0.3, 0.4) is 0 Å². The van der Waals surface area contributed by atoms with Gasteiger partial charge in [-0.1, -0.05) is 0 Å². The summed E-state index contributed by atoms with van der Waals surface area (Å²) < 4.78 is 4.69. The first-order valence-corrected chi connectivity index (χ1v) is 6.52. The number of carboxylic acid groups (broad SMARTS) is 3. The van der Waals surface area contributed by atoms with E-state index in [1.165, 1.54) is 0 Å². The van der Waals surface area contributed by atoms with Gasteiger partial charge in [-0.25, -0.2) is 4.79 Å². The Morgan fingerprint density at radius 2 is 1.55 bits per heavy atom. The van der Waals surface area contributed by atoms with E-state index in [1.54, 1.807) is 0 Å². The molecular weight excluding hydrogens is 300 g/mol. The molecule has 0 aliphatic heterocycles. The lowest BCUT2D eigenvalue weighted by Gasteiger charge is -2.16. The van der Waals surface area contributed by atoms with Crippen molar-refractivity contribution in [2.24, 2.45) is 11.5 Å². The minimum Gasteiger partial charge on any atom is -0.548 e. The number of rotatable bonds is 11. The van der Waals surface area contributed by atoms with Gasteiger partial charge >= 0.3 is 17.9 Å². The average Bonchev–Trinajstić information content (AvgIpc) is 2.42. The standard InChI is InChI=1S/C12H20N2O8/c13-6(10(16)17)2-1-3-8(12(20)21)22-9(15)5-4-7(14)11(18)19/h6-8H,1-5,13-14H2,(H,16,17)(H,18,19)(H,20,21)/p-1/t6?,7-,8?/m1/s1. The van der Waals surface area contributed by atoms with Crippen LogP contribution in [0.2, 0.25) is 0 Å². The van der Waals surface area contributed by atoms with Crippen LogP contribution in [0, 0.1) is 0 Å². The lowest BCUT2D eigenvalue weighted by atomic mass is 10.1. The molecular formula is C12H19N2O8-. The molecule has 0 aliphatic rings. The first-order chi connectivity index (χ1) is 10.1. The molecule has 0 radical (unpaired) electrons. The van der Waals surface area contributed by atoms with E-state index in [2.05, 4.69) is 4.74 Å². The maximum Gasteiger partial charge on any atom is 0.345 e. The van der Waals surface area contributed by atoms with Crippen molar-refractivity contribution in [3.63, 3.8) is 0 Å². The van der Waals surface area contributed by atoms with Crippen molar-refractivity contribution in [3.05, 3.63) is 0 Å². The first-order valence-electron chi connectivity index (χ1n) is 6.52. The number of carbonyl (C=O) groups excluding carboxylic acids is 2. The zero-order chi connectivity index (χ0) is 17.3. The van der Waals surface area contributed by atoms with E-state index in [0.29, 0.717) is 0 Å². The molecule has 0 fully saturated rings. The van der Waals surface area contributed by atoms with Crippen molar-refractivity contribution >= 4 is 23.9 Å². The smallest absolute Gasteiger partial charge is 0.345 e. The van der Waals surface area contributed by atoms with E-state index in [9.17, 15) is 24.3 Å². The fourth-order valence-electron chi connectivity index (χ4n) is 1.49. The molecule has 0 aromatic rings. The van der Waals surface area contributed by atoms with Gasteiger partial charge in [0.2, 0.25) is 0 Å². The van der Waals surface area contributed by atoms with Crippen LogP contribution in [0.15, 0.2) is 0 Å². The highest BCUT2D eigenvalue weighted by Gasteiger charge is 2.23. The van der Waals surface area contributed by atoms with Gasteiger partial charge in [-0.15, -0.1) is 0 Å². The number of aliphatic carboxylic acids is 3. The molecule has 10 heteroatoms. The number of nitrogens with two attached hydrogens (primary N) is 2. The highest BCUT2D eigenvalue weighted by atomic mass is 16.6.